The maximum atomic E-state index is 13.7. The molecule has 0 bridgehead atoms. The fourth-order valence-corrected chi connectivity index (χ4v) is 3.46. The second-order valence-corrected chi connectivity index (χ2v) is 7.30. The second-order valence-electron chi connectivity index (χ2n) is 6.37. The van der Waals surface area contributed by atoms with Crippen LogP contribution in [0.1, 0.15) is 29.3 Å². The largest absolute Gasteiger partial charge is 0.478 e. The molecule has 1 heterocycles. The molecule has 4 aromatic rings. The normalized spacial score (nSPS) is 12.1. The van der Waals surface area contributed by atoms with Crippen LogP contribution in [0.25, 0.3) is 10.8 Å². The van der Waals surface area contributed by atoms with Crippen molar-refractivity contribution < 1.29 is 18.3 Å². The average molecular weight is 408 g/mol. The van der Waals surface area contributed by atoms with Gasteiger partial charge in [-0.05, 0) is 35.9 Å². The number of halogens is 1. The van der Waals surface area contributed by atoms with Crippen LogP contribution in [0.5, 0.6) is 5.75 Å². The lowest BCUT2D eigenvalue weighted by Gasteiger charge is -2.11. The van der Waals surface area contributed by atoms with Gasteiger partial charge in [-0.15, -0.1) is 10.2 Å². The molecule has 1 atom stereocenters. The molecule has 0 aliphatic rings. The lowest BCUT2D eigenvalue weighted by atomic mass is 10.1. The van der Waals surface area contributed by atoms with Crippen LogP contribution >= 0.6 is 11.8 Å². The van der Waals surface area contributed by atoms with Crippen molar-refractivity contribution in [1.29, 1.82) is 0 Å². The Labute approximate surface area is 170 Å². The van der Waals surface area contributed by atoms with Gasteiger partial charge in [-0.1, -0.05) is 60.3 Å². The van der Waals surface area contributed by atoms with Crippen molar-refractivity contribution in [3.05, 3.63) is 84.0 Å². The summed E-state index contributed by atoms with van der Waals surface area (Å²) in [4.78, 5) is 12.5. The first-order valence-electron chi connectivity index (χ1n) is 8.99. The lowest BCUT2D eigenvalue weighted by Crippen LogP contribution is -2.04. The minimum absolute atomic E-state index is 0.0313. The van der Waals surface area contributed by atoms with Crippen molar-refractivity contribution in [2.24, 2.45) is 0 Å². The highest BCUT2D eigenvalue weighted by atomic mass is 32.2. The number of para-hydroxylation sites is 1. The molecule has 0 amide bonds. The van der Waals surface area contributed by atoms with Crippen molar-refractivity contribution in [1.82, 2.24) is 10.2 Å². The molecule has 0 unspecified atom stereocenters. The molecule has 4 rings (SSSR count). The first-order chi connectivity index (χ1) is 14.1. The van der Waals surface area contributed by atoms with E-state index in [1.54, 1.807) is 19.1 Å². The Balaban J connectivity index is 1.38. The molecule has 7 heteroatoms. The fraction of sp³-hybridized carbons (Fsp3) is 0.136. The molecule has 0 saturated carbocycles. The number of Topliss-reactive ketones (excluding diaryl/α,β-unsaturated/α-hetero) is 1. The molecule has 146 valence electrons. The van der Waals surface area contributed by atoms with Crippen LogP contribution in [-0.4, -0.2) is 21.7 Å². The summed E-state index contributed by atoms with van der Waals surface area (Å²) in [6.07, 6.45) is -0.620. The summed E-state index contributed by atoms with van der Waals surface area (Å²) in [5.41, 5.74) is 0.632. The number of thioether (sulfide) groups is 1. The van der Waals surface area contributed by atoms with Crippen LogP contribution in [-0.2, 0) is 0 Å². The zero-order valence-corrected chi connectivity index (χ0v) is 16.4. The first-order valence-corrected chi connectivity index (χ1v) is 9.98. The number of ether oxygens (including phenoxy) is 1. The topological polar surface area (TPSA) is 65.2 Å². The summed E-state index contributed by atoms with van der Waals surface area (Å²) in [7, 11) is 0. The third-order valence-electron chi connectivity index (χ3n) is 4.31. The van der Waals surface area contributed by atoms with Crippen LogP contribution in [0.3, 0.4) is 0 Å². The fourth-order valence-electron chi connectivity index (χ4n) is 2.80. The zero-order chi connectivity index (χ0) is 20.2. The van der Waals surface area contributed by atoms with Gasteiger partial charge in [-0.3, -0.25) is 4.79 Å². The zero-order valence-electron chi connectivity index (χ0n) is 15.5. The van der Waals surface area contributed by atoms with E-state index < -0.39 is 11.9 Å². The quantitative estimate of drug-likeness (QED) is 0.298. The molecule has 0 fully saturated rings. The number of benzene rings is 3. The van der Waals surface area contributed by atoms with Gasteiger partial charge in [0, 0.05) is 5.56 Å². The molecule has 0 saturated heterocycles. The molecule has 0 radical (unpaired) electrons. The Morgan fingerprint density at radius 3 is 2.66 bits per heavy atom. The Morgan fingerprint density at radius 1 is 1.07 bits per heavy atom. The van der Waals surface area contributed by atoms with E-state index in [2.05, 4.69) is 10.2 Å². The summed E-state index contributed by atoms with van der Waals surface area (Å²) in [6, 6.07) is 19.6. The van der Waals surface area contributed by atoms with E-state index in [9.17, 15) is 9.18 Å². The number of aromatic nitrogens is 2. The number of hydrogen-bond acceptors (Lipinski definition) is 6. The van der Waals surface area contributed by atoms with E-state index in [1.807, 2.05) is 42.5 Å². The number of carbonyl (C=O) groups is 1. The standard InChI is InChI=1S/C22H17FN2O3S/c1-14(27-20-9-5-4-8-18(20)23)21-24-25-22(28-21)29-13-19(26)17-11-10-15-6-2-3-7-16(15)12-17/h2-12,14H,13H2,1H3/t14-/m0/s1. The highest BCUT2D eigenvalue weighted by Gasteiger charge is 2.18. The van der Waals surface area contributed by atoms with Gasteiger partial charge in [0.2, 0.25) is 0 Å². The van der Waals surface area contributed by atoms with Crippen LogP contribution in [0.2, 0.25) is 0 Å². The Bertz CT molecular complexity index is 1160. The summed E-state index contributed by atoms with van der Waals surface area (Å²) in [6.45, 7) is 1.69. The Kier molecular flexibility index (Phi) is 5.57. The number of carbonyl (C=O) groups excluding carboxylic acids is 1. The van der Waals surface area contributed by atoms with Gasteiger partial charge in [0.1, 0.15) is 0 Å². The molecule has 0 aliphatic carbocycles. The molecular formula is C22H17FN2O3S. The van der Waals surface area contributed by atoms with Crippen molar-refractivity contribution in [3.63, 3.8) is 0 Å². The van der Waals surface area contributed by atoms with Gasteiger partial charge in [0.15, 0.2) is 23.5 Å². The van der Waals surface area contributed by atoms with Crippen molar-refractivity contribution in [3.8, 4) is 5.75 Å². The van der Waals surface area contributed by atoms with E-state index in [0.29, 0.717) is 5.56 Å². The number of rotatable bonds is 7. The molecule has 0 N–H and O–H groups in total. The van der Waals surface area contributed by atoms with Crippen molar-refractivity contribution in [2.75, 3.05) is 5.75 Å². The van der Waals surface area contributed by atoms with Crippen LogP contribution in [0, 0.1) is 5.82 Å². The molecule has 3 aromatic carbocycles. The van der Waals surface area contributed by atoms with Crippen LogP contribution in [0.4, 0.5) is 4.39 Å². The number of hydrogen-bond donors (Lipinski definition) is 0. The predicted molar refractivity (Wildman–Crippen MR) is 109 cm³/mol. The summed E-state index contributed by atoms with van der Waals surface area (Å²) in [5.74, 6) is 0.00102. The molecular weight excluding hydrogens is 391 g/mol. The number of nitrogens with zero attached hydrogens (tertiary/aromatic N) is 2. The third-order valence-corrected chi connectivity index (χ3v) is 5.13. The van der Waals surface area contributed by atoms with Crippen LogP contribution < -0.4 is 4.74 Å². The second kappa shape index (κ2) is 8.45. The summed E-state index contributed by atoms with van der Waals surface area (Å²) >= 11 is 1.16. The minimum Gasteiger partial charge on any atom is -0.478 e. The third kappa shape index (κ3) is 4.46. The van der Waals surface area contributed by atoms with Crippen molar-refractivity contribution in [2.45, 2.75) is 18.3 Å². The lowest BCUT2D eigenvalue weighted by molar-refractivity contribution is 0.102. The van der Waals surface area contributed by atoms with E-state index >= 15 is 0 Å². The maximum Gasteiger partial charge on any atom is 0.277 e. The molecule has 5 nitrogen and oxygen atoms in total. The van der Waals surface area contributed by atoms with E-state index in [4.69, 9.17) is 9.15 Å². The monoisotopic (exact) mass is 408 g/mol. The van der Waals surface area contributed by atoms with Gasteiger partial charge in [0.25, 0.3) is 11.1 Å². The van der Waals surface area contributed by atoms with Gasteiger partial charge < -0.3 is 9.15 Å². The number of ketones is 1. The molecule has 0 aliphatic heterocycles. The van der Waals surface area contributed by atoms with E-state index in [1.165, 1.54) is 12.1 Å². The van der Waals surface area contributed by atoms with E-state index in [0.717, 1.165) is 22.5 Å². The van der Waals surface area contributed by atoms with Gasteiger partial charge in [-0.25, -0.2) is 4.39 Å². The first kappa shape index (κ1) is 19.1. The van der Waals surface area contributed by atoms with Gasteiger partial charge in [-0.2, -0.15) is 0 Å². The average Bonchev–Trinajstić information content (AvgIpc) is 3.22. The maximum absolute atomic E-state index is 13.7. The van der Waals surface area contributed by atoms with Gasteiger partial charge >= 0.3 is 0 Å². The highest BCUT2D eigenvalue weighted by Crippen LogP contribution is 2.26. The molecule has 1 aromatic heterocycles. The number of fused-ring (bicyclic) bond motifs is 1. The SMILES string of the molecule is C[C@H](Oc1ccccc1F)c1nnc(SCC(=O)c2ccc3ccccc3c2)o1. The summed E-state index contributed by atoms with van der Waals surface area (Å²) < 4.78 is 24.8. The smallest absolute Gasteiger partial charge is 0.277 e. The predicted octanol–water partition coefficient (Wildman–Crippen LogP) is 5.48. The minimum atomic E-state index is -0.620. The Hall–Kier alpha value is -3.19. The molecule has 29 heavy (non-hydrogen) atoms. The van der Waals surface area contributed by atoms with Crippen LogP contribution in [0.15, 0.2) is 76.4 Å². The highest BCUT2D eigenvalue weighted by molar-refractivity contribution is 7.99. The van der Waals surface area contributed by atoms with Crippen molar-refractivity contribution >= 4 is 28.3 Å². The summed E-state index contributed by atoms with van der Waals surface area (Å²) in [5, 5.41) is 10.2. The molecule has 0 spiro atoms. The Morgan fingerprint density at radius 2 is 1.83 bits per heavy atom. The van der Waals surface area contributed by atoms with Gasteiger partial charge in [0.05, 0.1) is 5.75 Å². The van der Waals surface area contributed by atoms with E-state index in [-0.39, 0.29) is 28.4 Å².